The average molecular weight is 349 g/mol. The van der Waals surface area contributed by atoms with E-state index in [4.69, 9.17) is 0 Å². The number of aromatic nitrogens is 5. The largest absolute Gasteiger partial charge is 0.354 e. The Morgan fingerprint density at radius 3 is 2.81 bits per heavy atom. The van der Waals surface area contributed by atoms with E-state index < -0.39 is 0 Å². The molecule has 1 fully saturated rings. The molecule has 1 N–H and O–H groups in total. The Labute approximate surface area is 153 Å². The first-order valence-corrected chi connectivity index (χ1v) is 9.00. The van der Waals surface area contributed by atoms with E-state index >= 15 is 0 Å². The lowest BCUT2D eigenvalue weighted by Crippen LogP contribution is -2.31. The molecular weight excluding hydrogens is 326 g/mol. The van der Waals surface area contributed by atoms with Crippen molar-refractivity contribution in [3.8, 4) is 11.3 Å². The number of aromatic amines is 1. The van der Waals surface area contributed by atoms with Gasteiger partial charge in [-0.15, -0.1) is 5.10 Å². The highest BCUT2D eigenvalue weighted by molar-refractivity contribution is 5.61. The highest BCUT2D eigenvalue weighted by atomic mass is 15.3. The predicted molar refractivity (Wildman–Crippen MR) is 101 cm³/mol. The maximum absolute atomic E-state index is 4.33. The van der Waals surface area contributed by atoms with Gasteiger partial charge in [0.25, 0.3) is 0 Å². The van der Waals surface area contributed by atoms with Crippen LogP contribution in [0, 0.1) is 6.92 Å². The molecule has 0 aliphatic carbocycles. The van der Waals surface area contributed by atoms with Crippen LogP contribution in [-0.4, -0.2) is 56.5 Å². The predicted octanol–water partition coefficient (Wildman–Crippen LogP) is 2.28. The van der Waals surface area contributed by atoms with Crippen molar-refractivity contribution in [1.29, 1.82) is 0 Å². The van der Waals surface area contributed by atoms with E-state index in [1.54, 1.807) is 6.20 Å². The third-order valence-corrected chi connectivity index (χ3v) is 4.76. The van der Waals surface area contributed by atoms with Crippen LogP contribution in [-0.2, 0) is 6.54 Å². The second-order valence-corrected chi connectivity index (χ2v) is 6.66. The number of nitrogens with zero attached hydrogens (tertiary/aromatic N) is 6. The van der Waals surface area contributed by atoms with Crippen molar-refractivity contribution in [2.45, 2.75) is 19.9 Å². The molecule has 1 aliphatic rings. The van der Waals surface area contributed by atoms with Crippen LogP contribution in [0.3, 0.4) is 0 Å². The third kappa shape index (κ3) is 3.72. The SMILES string of the molecule is Cc1ccc(N2CCCN(Cc3cn[nH]c3-c3cccnc3)CC2)nn1. The van der Waals surface area contributed by atoms with Gasteiger partial charge in [0.1, 0.15) is 0 Å². The lowest BCUT2D eigenvalue weighted by atomic mass is 10.1. The number of hydrogen-bond acceptors (Lipinski definition) is 6. The smallest absolute Gasteiger partial charge is 0.151 e. The van der Waals surface area contributed by atoms with E-state index in [2.05, 4.69) is 47.3 Å². The first kappa shape index (κ1) is 16.7. The molecule has 7 nitrogen and oxygen atoms in total. The van der Waals surface area contributed by atoms with Crippen molar-refractivity contribution < 1.29 is 0 Å². The van der Waals surface area contributed by atoms with Crippen LogP contribution in [0.2, 0.25) is 0 Å². The molecule has 1 saturated heterocycles. The summed E-state index contributed by atoms with van der Waals surface area (Å²) in [6.45, 7) is 6.87. The fraction of sp³-hybridized carbons (Fsp3) is 0.368. The molecule has 134 valence electrons. The summed E-state index contributed by atoms with van der Waals surface area (Å²) in [6, 6.07) is 8.10. The summed E-state index contributed by atoms with van der Waals surface area (Å²) in [6.07, 6.45) is 6.69. The van der Waals surface area contributed by atoms with Crippen LogP contribution < -0.4 is 4.90 Å². The highest BCUT2D eigenvalue weighted by Gasteiger charge is 2.18. The van der Waals surface area contributed by atoms with Gasteiger partial charge in [0.2, 0.25) is 0 Å². The van der Waals surface area contributed by atoms with Crippen molar-refractivity contribution in [3.05, 3.63) is 54.1 Å². The molecule has 0 saturated carbocycles. The molecule has 0 amide bonds. The number of H-pyrrole nitrogens is 1. The zero-order chi connectivity index (χ0) is 17.8. The Morgan fingerprint density at radius 1 is 1.04 bits per heavy atom. The van der Waals surface area contributed by atoms with Crippen LogP contribution in [0.15, 0.2) is 42.9 Å². The second kappa shape index (κ2) is 7.61. The molecular formula is C19H23N7. The summed E-state index contributed by atoms with van der Waals surface area (Å²) in [5.74, 6) is 0.969. The van der Waals surface area contributed by atoms with Crippen molar-refractivity contribution in [2.24, 2.45) is 0 Å². The fourth-order valence-electron chi connectivity index (χ4n) is 3.35. The summed E-state index contributed by atoms with van der Waals surface area (Å²) >= 11 is 0. The molecule has 1 aliphatic heterocycles. The average Bonchev–Trinajstić information content (AvgIpc) is 3.01. The molecule has 3 aromatic rings. The summed E-state index contributed by atoms with van der Waals surface area (Å²) in [4.78, 5) is 9.01. The van der Waals surface area contributed by atoms with Crippen LogP contribution in [0.1, 0.15) is 17.7 Å². The quantitative estimate of drug-likeness (QED) is 0.779. The normalized spacial score (nSPS) is 15.8. The fourth-order valence-corrected chi connectivity index (χ4v) is 3.35. The van der Waals surface area contributed by atoms with Crippen LogP contribution in [0.25, 0.3) is 11.3 Å². The number of pyridine rings is 1. The van der Waals surface area contributed by atoms with Gasteiger partial charge in [-0.2, -0.15) is 10.2 Å². The van der Waals surface area contributed by atoms with Gasteiger partial charge in [-0.25, -0.2) is 0 Å². The standard InChI is InChI=1S/C19H23N7/c1-15-5-6-18(23-22-15)26-9-3-8-25(10-11-26)14-17-13-21-24-19(17)16-4-2-7-20-12-16/h2,4-7,12-13H,3,8-11,14H2,1H3,(H,21,24). The van der Waals surface area contributed by atoms with Gasteiger partial charge in [0, 0.05) is 56.2 Å². The molecule has 26 heavy (non-hydrogen) atoms. The molecule has 0 spiro atoms. The zero-order valence-corrected chi connectivity index (χ0v) is 15.0. The van der Waals surface area contributed by atoms with Gasteiger partial charge in [-0.3, -0.25) is 15.0 Å². The molecule has 0 bridgehead atoms. The van der Waals surface area contributed by atoms with E-state index in [-0.39, 0.29) is 0 Å². The molecule has 0 aromatic carbocycles. The number of aryl methyl sites for hydroxylation is 1. The van der Waals surface area contributed by atoms with Gasteiger partial charge in [0.05, 0.1) is 17.6 Å². The maximum atomic E-state index is 4.33. The molecule has 4 heterocycles. The van der Waals surface area contributed by atoms with Crippen molar-refractivity contribution in [1.82, 2.24) is 30.3 Å². The molecule has 0 unspecified atom stereocenters. The Bertz CT molecular complexity index is 829. The minimum atomic E-state index is 0.883. The van der Waals surface area contributed by atoms with Gasteiger partial charge < -0.3 is 4.90 Å². The Morgan fingerprint density at radius 2 is 2.00 bits per heavy atom. The minimum absolute atomic E-state index is 0.883. The highest BCUT2D eigenvalue weighted by Crippen LogP contribution is 2.22. The van der Waals surface area contributed by atoms with Crippen LogP contribution in [0.4, 0.5) is 5.82 Å². The van der Waals surface area contributed by atoms with Gasteiger partial charge in [-0.05, 0) is 37.6 Å². The van der Waals surface area contributed by atoms with E-state index in [1.807, 2.05) is 31.5 Å². The van der Waals surface area contributed by atoms with Gasteiger partial charge in [-0.1, -0.05) is 0 Å². The maximum Gasteiger partial charge on any atom is 0.151 e. The molecule has 7 heteroatoms. The Hall–Kier alpha value is -2.80. The second-order valence-electron chi connectivity index (χ2n) is 6.66. The van der Waals surface area contributed by atoms with Crippen LogP contribution in [0.5, 0.6) is 0 Å². The minimum Gasteiger partial charge on any atom is -0.354 e. The monoisotopic (exact) mass is 349 g/mol. The molecule has 0 atom stereocenters. The summed E-state index contributed by atoms with van der Waals surface area (Å²) < 4.78 is 0. The van der Waals surface area contributed by atoms with Crippen molar-refractivity contribution in [3.63, 3.8) is 0 Å². The lowest BCUT2D eigenvalue weighted by molar-refractivity contribution is 0.286. The number of hydrogen-bond donors (Lipinski definition) is 1. The zero-order valence-electron chi connectivity index (χ0n) is 15.0. The Kier molecular flexibility index (Phi) is 4.88. The third-order valence-electron chi connectivity index (χ3n) is 4.76. The first-order chi connectivity index (χ1) is 12.8. The van der Waals surface area contributed by atoms with Crippen molar-refractivity contribution in [2.75, 3.05) is 31.1 Å². The summed E-state index contributed by atoms with van der Waals surface area (Å²) in [5.41, 5.74) is 4.30. The summed E-state index contributed by atoms with van der Waals surface area (Å²) in [5, 5.41) is 15.9. The summed E-state index contributed by atoms with van der Waals surface area (Å²) in [7, 11) is 0. The van der Waals surface area contributed by atoms with E-state index in [0.717, 1.165) is 61.9 Å². The van der Waals surface area contributed by atoms with Gasteiger partial charge in [0.15, 0.2) is 5.82 Å². The number of rotatable bonds is 4. The molecule has 0 radical (unpaired) electrons. The Balaban J connectivity index is 1.43. The van der Waals surface area contributed by atoms with E-state index in [1.165, 1.54) is 5.56 Å². The first-order valence-electron chi connectivity index (χ1n) is 9.00. The molecule has 3 aromatic heterocycles. The number of nitrogens with one attached hydrogen (secondary N) is 1. The number of anilines is 1. The van der Waals surface area contributed by atoms with Gasteiger partial charge >= 0.3 is 0 Å². The van der Waals surface area contributed by atoms with E-state index in [0.29, 0.717) is 0 Å². The van der Waals surface area contributed by atoms with E-state index in [9.17, 15) is 0 Å². The van der Waals surface area contributed by atoms with Crippen molar-refractivity contribution >= 4 is 5.82 Å². The van der Waals surface area contributed by atoms with Crippen LogP contribution >= 0.6 is 0 Å². The molecule has 4 rings (SSSR count). The topological polar surface area (TPSA) is 73.8 Å². The lowest BCUT2D eigenvalue weighted by Gasteiger charge is -2.22.